The minimum absolute atomic E-state index is 0.0591. The van der Waals surface area contributed by atoms with Gasteiger partial charge in [-0.15, -0.1) is 0 Å². The fourth-order valence-corrected chi connectivity index (χ4v) is 2.03. The largest absolute Gasteiger partial charge is 0.324 e. The number of hydrogen-bond acceptors (Lipinski definition) is 2. The van der Waals surface area contributed by atoms with Crippen LogP contribution in [-0.2, 0) is 4.79 Å². The Kier molecular flexibility index (Phi) is 3.84. The number of hydrogen-bond donors (Lipinski definition) is 2. The van der Waals surface area contributed by atoms with Crippen LogP contribution < -0.4 is 10.6 Å². The number of benzene rings is 1. The molecule has 0 bridgehead atoms. The highest BCUT2D eigenvalue weighted by atomic mass is 79.9. The summed E-state index contributed by atoms with van der Waals surface area (Å²) in [7, 11) is 0. The molecule has 1 saturated carbocycles. The highest BCUT2D eigenvalue weighted by molar-refractivity contribution is 9.10. The molecule has 1 fully saturated rings. The van der Waals surface area contributed by atoms with Crippen molar-refractivity contribution in [2.75, 3.05) is 11.9 Å². The van der Waals surface area contributed by atoms with Crippen LogP contribution in [0.15, 0.2) is 22.7 Å². The van der Waals surface area contributed by atoms with Crippen molar-refractivity contribution in [3.63, 3.8) is 0 Å². The summed E-state index contributed by atoms with van der Waals surface area (Å²) in [6, 6.07) is 5.91. The first-order chi connectivity index (χ1) is 7.65. The number of carbonyl (C=O) groups is 1. The SMILES string of the molecule is O=C(CNC1CC1)Nc1ccc(Br)cc1Cl. The van der Waals surface area contributed by atoms with Crippen molar-refractivity contribution in [2.24, 2.45) is 0 Å². The molecule has 0 aliphatic heterocycles. The van der Waals surface area contributed by atoms with Crippen molar-refractivity contribution < 1.29 is 4.79 Å². The standard InChI is InChI=1S/C11H12BrClN2O/c12-7-1-4-10(9(13)5-7)15-11(16)6-14-8-2-3-8/h1,4-5,8,14H,2-3,6H2,(H,15,16). The number of nitrogens with one attached hydrogen (secondary N) is 2. The Morgan fingerprint density at radius 2 is 2.25 bits per heavy atom. The highest BCUT2D eigenvalue weighted by Gasteiger charge is 2.21. The van der Waals surface area contributed by atoms with Crippen molar-refractivity contribution in [1.82, 2.24) is 5.32 Å². The first kappa shape index (κ1) is 11.9. The van der Waals surface area contributed by atoms with E-state index >= 15 is 0 Å². The fourth-order valence-electron chi connectivity index (χ4n) is 1.31. The molecule has 0 atom stereocenters. The zero-order valence-electron chi connectivity index (χ0n) is 8.59. The Bertz CT molecular complexity index is 407. The molecule has 0 heterocycles. The maximum atomic E-state index is 11.5. The van der Waals surface area contributed by atoms with E-state index in [0.29, 0.717) is 23.3 Å². The van der Waals surface area contributed by atoms with Crippen LogP contribution in [0.25, 0.3) is 0 Å². The summed E-state index contributed by atoms with van der Waals surface area (Å²) in [5.74, 6) is -0.0591. The van der Waals surface area contributed by atoms with Crippen LogP contribution in [0, 0.1) is 0 Å². The number of halogens is 2. The molecule has 16 heavy (non-hydrogen) atoms. The third kappa shape index (κ3) is 3.47. The molecule has 0 radical (unpaired) electrons. The third-order valence-electron chi connectivity index (χ3n) is 2.33. The van der Waals surface area contributed by atoms with Gasteiger partial charge in [-0.05, 0) is 31.0 Å². The molecule has 3 nitrogen and oxygen atoms in total. The van der Waals surface area contributed by atoms with E-state index in [1.807, 2.05) is 6.07 Å². The highest BCUT2D eigenvalue weighted by Crippen LogP contribution is 2.25. The Morgan fingerprint density at radius 1 is 1.50 bits per heavy atom. The van der Waals surface area contributed by atoms with Gasteiger partial charge in [0.1, 0.15) is 0 Å². The van der Waals surface area contributed by atoms with Crippen LogP contribution in [-0.4, -0.2) is 18.5 Å². The maximum absolute atomic E-state index is 11.5. The Morgan fingerprint density at radius 3 is 2.88 bits per heavy atom. The number of carbonyl (C=O) groups excluding carboxylic acids is 1. The van der Waals surface area contributed by atoms with E-state index in [-0.39, 0.29) is 5.91 Å². The lowest BCUT2D eigenvalue weighted by Crippen LogP contribution is -2.29. The Balaban J connectivity index is 1.89. The topological polar surface area (TPSA) is 41.1 Å². The van der Waals surface area contributed by atoms with Gasteiger partial charge < -0.3 is 10.6 Å². The lowest BCUT2D eigenvalue weighted by atomic mass is 10.3. The van der Waals surface area contributed by atoms with Crippen LogP contribution >= 0.6 is 27.5 Å². The monoisotopic (exact) mass is 302 g/mol. The van der Waals surface area contributed by atoms with Gasteiger partial charge in [0.15, 0.2) is 0 Å². The number of anilines is 1. The summed E-state index contributed by atoms with van der Waals surface area (Å²) in [6.45, 7) is 0.344. The smallest absolute Gasteiger partial charge is 0.238 e. The van der Waals surface area contributed by atoms with Gasteiger partial charge in [0, 0.05) is 10.5 Å². The van der Waals surface area contributed by atoms with Crippen molar-refractivity contribution >= 4 is 39.1 Å². The van der Waals surface area contributed by atoms with Gasteiger partial charge in [-0.3, -0.25) is 4.79 Å². The molecular weight excluding hydrogens is 291 g/mol. The summed E-state index contributed by atoms with van der Waals surface area (Å²) in [5.41, 5.74) is 0.646. The third-order valence-corrected chi connectivity index (χ3v) is 3.14. The molecule has 86 valence electrons. The second kappa shape index (κ2) is 5.17. The van der Waals surface area contributed by atoms with Gasteiger partial charge in [0.25, 0.3) is 0 Å². The van der Waals surface area contributed by atoms with Crippen LogP contribution in [0.3, 0.4) is 0 Å². The first-order valence-corrected chi connectivity index (χ1v) is 6.30. The molecule has 1 amide bonds. The van der Waals surface area contributed by atoms with E-state index in [9.17, 15) is 4.79 Å². The minimum Gasteiger partial charge on any atom is -0.324 e. The average molecular weight is 304 g/mol. The van der Waals surface area contributed by atoms with Gasteiger partial charge >= 0.3 is 0 Å². The zero-order valence-corrected chi connectivity index (χ0v) is 10.9. The maximum Gasteiger partial charge on any atom is 0.238 e. The van der Waals surface area contributed by atoms with Gasteiger partial charge in [-0.1, -0.05) is 27.5 Å². The first-order valence-electron chi connectivity index (χ1n) is 5.13. The van der Waals surface area contributed by atoms with E-state index < -0.39 is 0 Å². The van der Waals surface area contributed by atoms with Crippen LogP contribution in [0.1, 0.15) is 12.8 Å². The second-order valence-corrected chi connectivity index (χ2v) is 5.15. The predicted molar refractivity (Wildman–Crippen MR) is 68.8 cm³/mol. The van der Waals surface area contributed by atoms with Crippen molar-refractivity contribution in [1.29, 1.82) is 0 Å². The molecule has 0 spiro atoms. The normalized spacial score (nSPS) is 14.9. The van der Waals surface area contributed by atoms with E-state index in [1.165, 1.54) is 12.8 Å². The van der Waals surface area contributed by atoms with Crippen molar-refractivity contribution in [3.05, 3.63) is 27.7 Å². The van der Waals surface area contributed by atoms with Gasteiger partial charge in [0.05, 0.1) is 17.3 Å². The minimum atomic E-state index is -0.0591. The molecule has 2 rings (SSSR count). The Hall–Kier alpha value is -0.580. The zero-order chi connectivity index (χ0) is 11.5. The molecule has 5 heteroatoms. The molecule has 1 aliphatic carbocycles. The fraction of sp³-hybridized carbons (Fsp3) is 0.364. The van der Waals surface area contributed by atoms with Crippen molar-refractivity contribution in [3.8, 4) is 0 Å². The van der Waals surface area contributed by atoms with Crippen LogP contribution in [0.5, 0.6) is 0 Å². The van der Waals surface area contributed by atoms with Gasteiger partial charge in [-0.25, -0.2) is 0 Å². The summed E-state index contributed by atoms with van der Waals surface area (Å²) in [4.78, 5) is 11.5. The second-order valence-electron chi connectivity index (χ2n) is 3.83. The summed E-state index contributed by atoms with van der Waals surface area (Å²) in [5, 5.41) is 6.45. The average Bonchev–Trinajstić information content (AvgIpc) is 3.03. The lowest BCUT2D eigenvalue weighted by Gasteiger charge is -2.07. The number of rotatable bonds is 4. The van der Waals surface area contributed by atoms with E-state index in [4.69, 9.17) is 11.6 Å². The Labute approximate surface area is 108 Å². The molecular formula is C11H12BrClN2O. The van der Waals surface area contributed by atoms with E-state index in [1.54, 1.807) is 12.1 Å². The lowest BCUT2D eigenvalue weighted by molar-refractivity contribution is -0.115. The molecule has 1 aromatic carbocycles. The predicted octanol–water partition coefficient (Wildman–Crippen LogP) is 2.79. The van der Waals surface area contributed by atoms with Gasteiger partial charge in [-0.2, -0.15) is 0 Å². The summed E-state index contributed by atoms with van der Waals surface area (Å²) < 4.78 is 0.895. The molecule has 0 saturated heterocycles. The number of amides is 1. The molecule has 1 aromatic rings. The van der Waals surface area contributed by atoms with E-state index in [2.05, 4.69) is 26.6 Å². The van der Waals surface area contributed by atoms with E-state index in [0.717, 1.165) is 4.47 Å². The molecule has 2 N–H and O–H groups in total. The van der Waals surface area contributed by atoms with Crippen molar-refractivity contribution in [2.45, 2.75) is 18.9 Å². The van der Waals surface area contributed by atoms with Crippen LogP contribution in [0.2, 0.25) is 5.02 Å². The summed E-state index contributed by atoms with van der Waals surface area (Å²) in [6.07, 6.45) is 2.35. The molecule has 0 unspecified atom stereocenters. The van der Waals surface area contributed by atoms with Crippen LogP contribution in [0.4, 0.5) is 5.69 Å². The molecule has 0 aromatic heterocycles. The molecule has 1 aliphatic rings. The quantitative estimate of drug-likeness (QED) is 0.898. The van der Waals surface area contributed by atoms with Gasteiger partial charge in [0.2, 0.25) is 5.91 Å². The summed E-state index contributed by atoms with van der Waals surface area (Å²) >= 11 is 9.29.